The predicted octanol–water partition coefficient (Wildman–Crippen LogP) is 6.64. The monoisotopic (exact) mass is 464 g/mol. The first-order chi connectivity index (χ1) is 10.1. The molecule has 0 nitrogen and oxygen atoms in total. The van der Waals surface area contributed by atoms with Crippen molar-refractivity contribution in [2.24, 2.45) is 0 Å². The SMILES string of the molecule is CCC[CH2][Sn]([CH2]CCC)([CH2]CCC)[c]1c(F)cccc1Br. The van der Waals surface area contributed by atoms with Crippen molar-refractivity contribution in [1.82, 2.24) is 0 Å². The summed E-state index contributed by atoms with van der Waals surface area (Å²) in [4.78, 5) is 0. The molecule has 0 bridgehead atoms. The average molecular weight is 464 g/mol. The normalized spacial score (nSPS) is 11.9. The summed E-state index contributed by atoms with van der Waals surface area (Å²) in [6.07, 6.45) is 7.48. The summed E-state index contributed by atoms with van der Waals surface area (Å²) in [6, 6.07) is 5.56. The maximum absolute atomic E-state index is 14.6. The van der Waals surface area contributed by atoms with Crippen LogP contribution >= 0.6 is 15.9 Å². The minimum atomic E-state index is -2.64. The van der Waals surface area contributed by atoms with Crippen LogP contribution in [0.2, 0.25) is 13.3 Å². The molecule has 1 rings (SSSR count). The standard InChI is InChI=1S/C6H3BrF.3C4H9.Sn/c7-5-2-1-3-6(8)4-5;3*1-3-4-2;/h1-3H;3*1,3-4H2,2H3;. The Bertz CT molecular complexity index is 378. The van der Waals surface area contributed by atoms with E-state index in [-0.39, 0.29) is 5.82 Å². The van der Waals surface area contributed by atoms with E-state index in [1.807, 2.05) is 12.1 Å². The second-order valence-corrected chi connectivity index (χ2v) is 20.1. The molecule has 0 aliphatic rings. The molecule has 0 N–H and O–H groups in total. The van der Waals surface area contributed by atoms with Crippen molar-refractivity contribution < 1.29 is 4.39 Å². The zero-order valence-corrected chi connectivity index (χ0v) is 18.3. The van der Waals surface area contributed by atoms with Crippen LogP contribution in [-0.2, 0) is 0 Å². The van der Waals surface area contributed by atoms with Crippen molar-refractivity contribution in [2.75, 3.05) is 0 Å². The first-order valence-corrected chi connectivity index (χ1v) is 16.8. The number of hydrogen-bond donors (Lipinski definition) is 0. The Morgan fingerprint density at radius 1 is 0.905 bits per heavy atom. The van der Waals surface area contributed by atoms with E-state index in [9.17, 15) is 4.39 Å². The second-order valence-electron chi connectivity index (χ2n) is 6.19. The molecule has 0 unspecified atom stereocenters. The summed E-state index contributed by atoms with van der Waals surface area (Å²) < 4.78 is 20.8. The van der Waals surface area contributed by atoms with E-state index in [1.54, 1.807) is 6.07 Å². The van der Waals surface area contributed by atoms with Gasteiger partial charge >= 0.3 is 143 Å². The van der Waals surface area contributed by atoms with E-state index in [2.05, 4.69) is 36.7 Å². The van der Waals surface area contributed by atoms with Crippen molar-refractivity contribution >= 4 is 37.9 Å². The average Bonchev–Trinajstić information content (AvgIpc) is 2.48. The Morgan fingerprint density at radius 3 is 1.76 bits per heavy atom. The van der Waals surface area contributed by atoms with Crippen molar-refractivity contribution in [1.29, 1.82) is 0 Å². The molecule has 21 heavy (non-hydrogen) atoms. The molecular weight excluding hydrogens is 434 g/mol. The minimum absolute atomic E-state index is 0.0588. The summed E-state index contributed by atoms with van der Waals surface area (Å²) in [6.45, 7) is 6.77. The van der Waals surface area contributed by atoms with E-state index in [1.165, 1.54) is 51.8 Å². The second kappa shape index (κ2) is 10.2. The molecule has 0 spiro atoms. The number of hydrogen-bond acceptors (Lipinski definition) is 0. The number of halogens is 2. The van der Waals surface area contributed by atoms with E-state index < -0.39 is 18.4 Å². The molecule has 0 saturated heterocycles. The van der Waals surface area contributed by atoms with Crippen LogP contribution in [0.4, 0.5) is 4.39 Å². The van der Waals surface area contributed by atoms with Gasteiger partial charge in [-0.3, -0.25) is 0 Å². The molecule has 0 aliphatic carbocycles. The van der Waals surface area contributed by atoms with Crippen LogP contribution in [0.25, 0.3) is 0 Å². The summed E-state index contributed by atoms with van der Waals surface area (Å²) in [5, 5.41) is 0. The number of unbranched alkanes of at least 4 members (excludes halogenated alkanes) is 3. The van der Waals surface area contributed by atoms with Gasteiger partial charge in [0, 0.05) is 0 Å². The van der Waals surface area contributed by atoms with Crippen molar-refractivity contribution in [3.63, 3.8) is 0 Å². The van der Waals surface area contributed by atoms with E-state index in [0.29, 0.717) is 0 Å². The van der Waals surface area contributed by atoms with Crippen LogP contribution in [0.1, 0.15) is 59.3 Å². The van der Waals surface area contributed by atoms with Gasteiger partial charge < -0.3 is 0 Å². The molecule has 0 amide bonds. The molecule has 120 valence electrons. The van der Waals surface area contributed by atoms with Crippen LogP contribution in [0.5, 0.6) is 0 Å². The molecule has 0 radical (unpaired) electrons. The summed E-state index contributed by atoms with van der Waals surface area (Å²) in [7, 11) is 0. The Hall–Kier alpha value is 0.429. The fraction of sp³-hybridized carbons (Fsp3) is 0.667. The number of rotatable bonds is 10. The summed E-state index contributed by atoms with van der Waals surface area (Å²) >= 11 is 1.03. The predicted molar refractivity (Wildman–Crippen MR) is 98.6 cm³/mol. The molecule has 1 aromatic rings. The van der Waals surface area contributed by atoms with Gasteiger partial charge in [-0.15, -0.1) is 0 Å². The van der Waals surface area contributed by atoms with Crippen LogP contribution < -0.4 is 3.58 Å². The van der Waals surface area contributed by atoms with Crippen LogP contribution in [0.3, 0.4) is 0 Å². The molecule has 0 aromatic heterocycles. The van der Waals surface area contributed by atoms with Gasteiger partial charge in [-0.05, 0) is 0 Å². The third-order valence-electron chi connectivity index (χ3n) is 4.52. The van der Waals surface area contributed by atoms with E-state index in [4.69, 9.17) is 0 Å². The third kappa shape index (κ3) is 5.53. The van der Waals surface area contributed by atoms with Gasteiger partial charge in [0.05, 0.1) is 0 Å². The molecule has 0 fully saturated rings. The molecular formula is C18H30BrFSn. The van der Waals surface area contributed by atoms with Crippen molar-refractivity contribution in [3.8, 4) is 0 Å². The fourth-order valence-corrected chi connectivity index (χ4v) is 22.9. The van der Waals surface area contributed by atoms with E-state index in [0.717, 1.165) is 8.05 Å². The Morgan fingerprint density at radius 2 is 1.38 bits per heavy atom. The molecule has 0 heterocycles. The van der Waals surface area contributed by atoms with E-state index >= 15 is 0 Å². The van der Waals surface area contributed by atoms with Gasteiger partial charge in [0.25, 0.3) is 0 Å². The molecule has 0 saturated carbocycles. The molecule has 0 atom stereocenters. The van der Waals surface area contributed by atoms with Crippen LogP contribution in [0.15, 0.2) is 22.7 Å². The van der Waals surface area contributed by atoms with Crippen molar-refractivity contribution in [2.45, 2.75) is 72.6 Å². The summed E-state index contributed by atoms with van der Waals surface area (Å²) in [5.41, 5.74) is 0. The number of benzene rings is 1. The van der Waals surface area contributed by atoms with Gasteiger partial charge in [-0.25, -0.2) is 0 Å². The fourth-order valence-electron chi connectivity index (χ4n) is 3.30. The maximum atomic E-state index is 14.6. The van der Waals surface area contributed by atoms with Gasteiger partial charge in [0.2, 0.25) is 0 Å². The third-order valence-corrected chi connectivity index (χ3v) is 21.9. The Balaban J connectivity index is 3.23. The molecule has 3 heteroatoms. The Kier molecular flexibility index (Phi) is 9.51. The topological polar surface area (TPSA) is 0 Å². The first kappa shape index (κ1) is 19.5. The zero-order chi connectivity index (χ0) is 15.7. The quantitative estimate of drug-likeness (QED) is 0.341. The van der Waals surface area contributed by atoms with Crippen LogP contribution in [0, 0.1) is 5.82 Å². The summed E-state index contributed by atoms with van der Waals surface area (Å²) in [5.74, 6) is 0.0588. The first-order valence-electron chi connectivity index (χ1n) is 8.55. The zero-order valence-electron chi connectivity index (χ0n) is 13.9. The van der Waals surface area contributed by atoms with Gasteiger partial charge in [-0.2, -0.15) is 0 Å². The van der Waals surface area contributed by atoms with Gasteiger partial charge in [0.1, 0.15) is 0 Å². The van der Waals surface area contributed by atoms with Gasteiger partial charge in [-0.1, -0.05) is 0 Å². The Labute approximate surface area is 142 Å². The van der Waals surface area contributed by atoms with Crippen LogP contribution in [-0.4, -0.2) is 18.4 Å². The molecule has 0 aliphatic heterocycles. The van der Waals surface area contributed by atoms with Gasteiger partial charge in [0.15, 0.2) is 0 Å². The van der Waals surface area contributed by atoms with Crippen molar-refractivity contribution in [3.05, 3.63) is 28.5 Å². The molecule has 1 aromatic carbocycles.